The average Bonchev–Trinajstić information content (AvgIpc) is 3.46. The van der Waals surface area contributed by atoms with Crippen LogP contribution in [0.15, 0.2) is 52.6 Å². The molecule has 1 aliphatic rings. The van der Waals surface area contributed by atoms with Crippen molar-refractivity contribution in [2.45, 2.75) is 37.3 Å². The fourth-order valence-electron chi connectivity index (χ4n) is 4.61. The number of hydrogen-bond donors (Lipinski definition) is 6. The summed E-state index contributed by atoms with van der Waals surface area (Å²) in [6.07, 6.45) is -0.388. The van der Waals surface area contributed by atoms with Crippen molar-refractivity contribution >= 4 is 22.6 Å². The fourth-order valence-corrected chi connectivity index (χ4v) is 4.61. The molecule has 4 unspecified atom stereocenters. The van der Waals surface area contributed by atoms with Crippen molar-refractivity contribution in [3.05, 3.63) is 53.8 Å². The molecule has 0 bridgehead atoms. The van der Waals surface area contributed by atoms with Gasteiger partial charge in [-0.2, -0.15) is 0 Å². The number of rotatable bonds is 12. The van der Waals surface area contributed by atoms with E-state index in [0.29, 0.717) is 58.1 Å². The number of pyridine rings is 1. The molecule has 0 saturated heterocycles. The molecule has 4 atom stereocenters. The van der Waals surface area contributed by atoms with Gasteiger partial charge in [0.1, 0.15) is 29.6 Å². The van der Waals surface area contributed by atoms with E-state index < -0.39 is 36.9 Å². The molecule has 4 rings (SSSR count). The second-order valence-electron chi connectivity index (χ2n) is 9.47. The van der Waals surface area contributed by atoms with Gasteiger partial charge in [0.05, 0.1) is 34.0 Å². The number of nitrogens with zero attached hydrogens (tertiary/aromatic N) is 1. The van der Waals surface area contributed by atoms with E-state index in [1.807, 2.05) is 6.07 Å². The first-order chi connectivity index (χ1) is 19.7. The Bertz CT molecular complexity index is 1420. The van der Waals surface area contributed by atoms with Gasteiger partial charge in [0.2, 0.25) is 5.75 Å². The largest absolute Gasteiger partial charge is 0.493 e. The van der Waals surface area contributed by atoms with Gasteiger partial charge in [0, 0.05) is 35.5 Å². The summed E-state index contributed by atoms with van der Waals surface area (Å²) in [5.74, 6) is 1.45. The molecule has 6 N–H and O–H groups in total. The third-order valence-corrected chi connectivity index (χ3v) is 6.87. The van der Waals surface area contributed by atoms with Gasteiger partial charge in [-0.25, -0.2) is 0 Å². The third-order valence-electron chi connectivity index (χ3n) is 6.87. The first-order valence-corrected chi connectivity index (χ1v) is 12.9. The molecule has 0 radical (unpaired) electrons. The first-order valence-electron chi connectivity index (χ1n) is 12.9. The monoisotopic (exact) mass is 570 g/mol. The van der Waals surface area contributed by atoms with Gasteiger partial charge in [-0.3, -0.25) is 9.78 Å². The van der Waals surface area contributed by atoms with E-state index in [9.17, 15) is 25.2 Å². The number of furan rings is 1. The molecule has 1 amide bonds. The number of carbonyl (C=O) groups excluding carboxylic acids is 1. The number of ether oxygens (including phenoxy) is 3. The molecule has 3 aromatic rings. The lowest BCUT2D eigenvalue weighted by Crippen LogP contribution is -2.49. The highest BCUT2D eigenvalue weighted by atomic mass is 16.5. The highest BCUT2D eigenvalue weighted by molar-refractivity contribution is 6.00. The summed E-state index contributed by atoms with van der Waals surface area (Å²) < 4.78 is 22.6. The van der Waals surface area contributed by atoms with Crippen LogP contribution >= 0.6 is 0 Å². The van der Waals surface area contributed by atoms with Crippen LogP contribution in [0.3, 0.4) is 0 Å². The van der Waals surface area contributed by atoms with Gasteiger partial charge < -0.3 is 49.5 Å². The Morgan fingerprint density at radius 1 is 1.02 bits per heavy atom. The van der Waals surface area contributed by atoms with Crippen LogP contribution in [0.4, 0.5) is 0 Å². The molecule has 12 heteroatoms. The Morgan fingerprint density at radius 3 is 2.34 bits per heavy atom. The molecule has 2 aromatic heterocycles. The second-order valence-corrected chi connectivity index (χ2v) is 9.47. The predicted molar refractivity (Wildman–Crippen MR) is 149 cm³/mol. The van der Waals surface area contributed by atoms with Gasteiger partial charge in [0.25, 0.3) is 5.91 Å². The molecule has 0 aliphatic heterocycles. The van der Waals surface area contributed by atoms with Crippen molar-refractivity contribution in [1.82, 2.24) is 10.3 Å². The number of allylic oxidation sites excluding steroid dienone is 2. The van der Waals surface area contributed by atoms with E-state index in [1.54, 1.807) is 36.5 Å². The molecule has 1 aliphatic carbocycles. The minimum Gasteiger partial charge on any atom is -0.493 e. The Morgan fingerprint density at radius 2 is 1.71 bits per heavy atom. The van der Waals surface area contributed by atoms with E-state index in [0.717, 1.165) is 11.1 Å². The van der Waals surface area contributed by atoms with Crippen LogP contribution in [0.25, 0.3) is 28.0 Å². The number of carbonyl (C=O) groups is 1. The second kappa shape index (κ2) is 13.1. The zero-order valence-corrected chi connectivity index (χ0v) is 22.9. The number of aromatic nitrogens is 1. The number of benzene rings is 1. The number of aliphatic hydroxyl groups is 5. The maximum atomic E-state index is 12.8. The molecule has 12 nitrogen and oxygen atoms in total. The van der Waals surface area contributed by atoms with Crippen molar-refractivity contribution in [3.8, 4) is 28.6 Å². The fraction of sp³-hybridized carbons (Fsp3) is 0.379. The molecule has 2 heterocycles. The summed E-state index contributed by atoms with van der Waals surface area (Å²) in [4.78, 5) is 17.3. The third kappa shape index (κ3) is 6.37. The van der Waals surface area contributed by atoms with Crippen molar-refractivity contribution < 1.29 is 49.0 Å². The number of amides is 1. The van der Waals surface area contributed by atoms with Gasteiger partial charge in [0.15, 0.2) is 17.1 Å². The lowest BCUT2D eigenvalue weighted by atomic mass is 9.93. The van der Waals surface area contributed by atoms with E-state index in [1.165, 1.54) is 21.3 Å². The minimum atomic E-state index is -1.78. The van der Waals surface area contributed by atoms with Gasteiger partial charge in [-0.1, -0.05) is 6.08 Å². The number of fused-ring (bicyclic) bond motifs is 1. The predicted octanol–water partition coefficient (Wildman–Crippen LogP) is 1.18. The Hall–Kier alpha value is -3.94. The molecular weight excluding hydrogens is 536 g/mol. The zero-order valence-electron chi connectivity index (χ0n) is 22.9. The lowest BCUT2D eigenvalue weighted by molar-refractivity contribution is -0.123. The summed E-state index contributed by atoms with van der Waals surface area (Å²) in [5.41, 5.74) is 3.82. The first kappa shape index (κ1) is 30.0. The highest BCUT2D eigenvalue weighted by Crippen LogP contribution is 2.43. The summed E-state index contributed by atoms with van der Waals surface area (Å²) >= 11 is 0. The maximum absolute atomic E-state index is 12.8. The molecule has 0 spiro atoms. The standard InChI is InChI=1S/C29H34N2O10/c1-38-23-10-17(11-24(39-2)28(23)40-3)22-12-19-27(41-22)18(7-8-30-19)15-5-4-6-16(9-15)29(37)31-13-20(33)25(35)26(36)21(34)14-32/h6-12,20-21,25-26,32-36H,4-5,13-14H2,1-3H3,(H,31,37). The van der Waals surface area contributed by atoms with Crippen LogP contribution in [0.2, 0.25) is 0 Å². The molecule has 0 saturated carbocycles. The number of aliphatic hydroxyl groups excluding tert-OH is 5. The van der Waals surface area contributed by atoms with Crippen LogP contribution in [0.1, 0.15) is 18.4 Å². The minimum absolute atomic E-state index is 0.352. The summed E-state index contributed by atoms with van der Waals surface area (Å²) in [6.45, 7) is -1.18. The van der Waals surface area contributed by atoms with Crippen LogP contribution in [-0.2, 0) is 4.79 Å². The molecule has 0 fully saturated rings. The molecular formula is C29H34N2O10. The van der Waals surface area contributed by atoms with Crippen molar-refractivity contribution in [2.75, 3.05) is 34.5 Å². The van der Waals surface area contributed by atoms with E-state index in [4.69, 9.17) is 23.7 Å². The Balaban J connectivity index is 1.56. The van der Waals surface area contributed by atoms with Crippen LogP contribution in [-0.4, -0.2) is 95.3 Å². The summed E-state index contributed by atoms with van der Waals surface area (Å²) in [6, 6.07) is 7.17. The number of nitrogens with one attached hydrogen (secondary N) is 1. The van der Waals surface area contributed by atoms with E-state index >= 15 is 0 Å². The van der Waals surface area contributed by atoms with Gasteiger partial charge >= 0.3 is 0 Å². The quantitative estimate of drug-likeness (QED) is 0.184. The van der Waals surface area contributed by atoms with Crippen molar-refractivity contribution in [2.24, 2.45) is 0 Å². The Labute approximate surface area is 236 Å². The maximum Gasteiger partial charge on any atom is 0.251 e. The SMILES string of the molecule is COc1cc(-c2cc3nccc(C4=CC(C(=O)NCC(O)C(O)C(O)C(O)CO)=CCC4)c3o2)cc(OC)c1OC. The van der Waals surface area contributed by atoms with Crippen LogP contribution in [0, 0.1) is 0 Å². The van der Waals surface area contributed by atoms with Crippen molar-refractivity contribution in [1.29, 1.82) is 0 Å². The zero-order chi connectivity index (χ0) is 29.7. The van der Waals surface area contributed by atoms with Crippen molar-refractivity contribution in [3.63, 3.8) is 0 Å². The molecule has 220 valence electrons. The normalized spacial score (nSPS) is 16.3. The molecule has 41 heavy (non-hydrogen) atoms. The lowest BCUT2D eigenvalue weighted by Gasteiger charge is -2.25. The van der Waals surface area contributed by atoms with Gasteiger partial charge in [-0.05, 0) is 42.7 Å². The van der Waals surface area contributed by atoms with Crippen LogP contribution < -0.4 is 19.5 Å². The highest BCUT2D eigenvalue weighted by Gasteiger charge is 2.30. The van der Waals surface area contributed by atoms with Gasteiger partial charge in [-0.15, -0.1) is 0 Å². The van der Waals surface area contributed by atoms with Crippen LogP contribution in [0.5, 0.6) is 17.2 Å². The van der Waals surface area contributed by atoms with E-state index in [-0.39, 0.29) is 6.54 Å². The molecule has 1 aromatic carbocycles. The number of hydrogen-bond acceptors (Lipinski definition) is 11. The summed E-state index contributed by atoms with van der Waals surface area (Å²) in [5, 5.41) is 50.8. The average molecular weight is 571 g/mol. The van der Waals surface area contributed by atoms with E-state index in [2.05, 4.69) is 10.3 Å². The smallest absolute Gasteiger partial charge is 0.251 e. The Kier molecular flexibility index (Phi) is 9.63. The number of methoxy groups -OCH3 is 3. The summed E-state index contributed by atoms with van der Waals surface area (Å²) in [7, 11) is 4.59. The topological polar surface area (TPSA) is 184 Å².